The summed E-state index contributed by atoms with van der Waals surface area (Å²) in [4.78, 5) is 13.7. The first-order chi connectivity index (χ1) is 17.6. The zero-order chi connectivity index (χ0) is 24.5. The van der Waals surface area contributed by atoms with Crippen LogP contribution < -0.4 is 5.32 Å². The molecule has 0 bridgehead atoms. The average Bonchev–Trinajstić information content (AvgIpc) is 3.26. The standard InChI is InChI=1S/C29H28FN5S/c1-34-11-2-12-35(14-13-34)18-20-3-6-23(25(30)15-20)21-4-7-26-24(16-21)27(9-10-31-26)33-22-5-8-29-28(17-22)32-19-36-29/h3-10,15-17,19H,2,11-14,18H2,1H3,(H,31,33). The second-order valence-corrected chi connectivity index (χ2v) is 10.4. The number of likely N-dealkylation sites (N-methyl/N-ethyl adjacent to an activating group) is 1. The number of anilines is 2. The lowest BCUT2D eigenvalue weighted by molar-refractivity contribution is 0.269. The van der Waals surface area contributed by atoms with Gasteiger partial charge in [-0.2, -0.15) is 0 Å². The van der Waals surface area contributed by atoms with Gasteiger partial charge in [-0.25, -0.2) is 9.37 Å². The van der Waals surface area contributed by atoms with Crippen molar-refractivity contribution in [2.75, 3.05) is 38.5 Å². The fourth-order valence-electron chi connectivity index (χ4n) is 4.92. The molecule has 1 fully saturated rings. The van der Waals surface area contributed by atoms with Crippen LogP contribution in [-0.2, 0) is 6.54 Å². The van der Waals surface area contributed by atoms with Crippen molar-refractivity contribution in [3.8, 4) is 11.1 Å². The molecule has 0 spiro atoms. The minimum absolute atomic E-state index is 0.189. The Balaban J connectivity index is 1.27. The number of nitrogens with one attached hydrogen (secondary N) is 1. The third-order valence-corrected chi connectivity index (χ3v) is 7.72. The molecule has 2 aromatic heterocycles. The van der Waals surface area contributed by atoms with Crippen molar-refractivity contribution in [3.05, 3.63) is 83.8 Å². The van der Waals surface area contributed by atoms with E-state index in [0.717, 1.165) is 82.8 Å². The van der Waals surface area contributed by atoms with Crippen LogP contribution in [0.5, 0.6) is 0 Å². The van der Waals surface area contributed by atoms with Crippen molar-refractivity contribution < 1.29 is 4.39 Å². The predicted octanol–water partition coefficient (Wildman–Crippen LogP) is 6.53. The molecule has 0 radical (unpaired) electrons. The quantitative estimate of drug-likeness (QED) is 0.299. The molecule has 1 N–H and O–H groups in total. The zero-order valence-electron chi connectivity index (χ0n) is 20.2. The number of rotatable bonds is 5. The molecule has 0 amide bonds. The highest BCUT2D eigenvalue weighted by Crippen LogP contribution is 2.32. The highest BCUT2D eigenvalue weighted by molar-refractivity contribution is 7.16. The molecule has 7 heteroatoms. The third kappa shape index (κ3) is 4.82. The van der Waals surface area contributed by atoms with Crippen LogP contribution in [0.2, 0.25) is 0 Å². The minimum Gasteiger partial charge on any atom is -0.355 e. The van der Waals surface area contributed by atoms with Gasteiger partial charge in [0.1, 0.15) is 5.82 Å². The molecule has 3 heterocycles. The molecule has 5 aromatic rings. The maximum Gasteiger partial charge on any atom is 0.131 e. The Kier molecular flexibility index (Phi) is 6.35. The van der Waals surface area contributed by atoms with E-state index in [0.29, 0.717) is 5.56 Å². The van der Waals surface area contributed by atoms with E-state index in [1.807, 2.05) is 41.9 Å². The highest BCUT2D eigenvalue weighted by atomic mass is 32.1. The van der Waals surface area contributed by atoms with Crippen LogP contribution in [0.25, 0.3) is 32.2 Å². The van der Waals surface area contributed by atoms with E-state index >= 15 is 4.39 Å². The number of halogens is 1. The Morgan fingerprint density at radius 1 is 0.917 bits per heavy atom. The van der Waals surface area contributed by atoms with Crippen molar-refractivity contribution in [1.82, 2.24) is 19.8 Å². The molecule has 1 aliphatic heterocycles. The summed E-state index contributed by atoms with van der Waals surface area (Å²) < 4.78 is 16.5. The maximum absolute atomic E-state index is 15.3. The molecule has 3 aromatic carbocycles. The first-order valence-electron chi connectivity index (χ1n) is 12.3. The Bertz CT molecular complexity index is 1530. The molecule has 5 nitrogen and oxygen atoms in total. The molecular formula is C29H28FN5S. The van der Waals surface area contributed by atoms with E-state index in [1.165, 1.54) is 0 Å². The smallest absolute Gasteiger partial charge is 0.131 e. The summed E-state index contributed by atoms with van der Waals surface area (Å²) in [6.07, 6.45) is 2.94. The van der Waals surface area contributed by atoms with Crippen molar-refractivity contribution in [2.24, 2.45) is 0 Å². The van der Waals surface area contributed by atoms with Crippen LogP contribution in [-0.4, -0.2) is 53.0 Å². The molecule has 0 unspecified atom stereocenters. The number of aromatic nitrogens is 2. The van der Waals surface area contributed by atoms with Crippen molar-refractivity contribution >= 4 is 43.8 Å². The Labute approximate surface area is 214 Å². The molecule has 0 saturated carbocycles. The van der Waals surface area contributed by atoms with Crippen LogP contribution in [0.4, 0.5) is 15.8 Å². The van der Waals surface area contributed by atoms with Gasteiger partial charge in [-0.3, -0.25) is 9.88 Å². The third-order valence-electron chi connectivity index (χ3n) is 6.91. The number of benzene rings is 3. The van der Waals surface area contributed by atoms with E-state index in [-0.39, 0.29) is 5.82 Å². The topological polar surface area (TPSA) is 44.3 Å². The Morgan fingerprint density at radius 3 is 2.78 bits per heavy atom. The molecule has 6 rings (SSSR count). The fourth-order valence-corrected chi connectivity index (χ4v) is 5.58. The van der Waals surface area contributed by atoms with Gasteiger partial charge >= 0.3 is 0 Å². The van der Waals surface area contributed by atoms with Gasteiger partial charge in [-0.1, -0.05) is 18.2 Å². The average molecular weight is 498 g/mol. The zero-order valence-corrected chi connectivity index (χ0v) is 21.1. The summed E-state index contributed by atoms with van der Waals surface area (Å²) in [5, 5.41) is 4.46. The number of pyridine rings is 1. The molecule has 0 atom stereocenters. The summed E-state index contributed by atoms with van der Waals surface area (Å²) in [6, 6.07) is 19.7. The number of fused-ring (bicyclic) bond motifs is 2. The van der Waals surface area contributed by atoms with Gasteiger partial charge in [0.25, 0.3) is 0 Å². The first kappa shape index (κ1) is 23.0. The molecule has 1 aliphatic rings. The molecule has 36 heavy (non-hydrogen) atoms. The van der Waals surface area contributed by atoms with Gasteiger partial charge in [0, 0.05) is 48.2 Å². The number of thiazole rings is 1. The van der Waals surface area contributed by atoms with E-state index in [1.54, 1.807) is 23.6 Å². The number of nitrogens with zero attached hydrogens (tertiary/aromatic N) is 4. The van der Waals surface area contributed by atoms with Gasteiger partial charge < -0.3 is 10.2 Å². The summed E-state index contributed by atoms with van der Waals surface area (Å²) in [5.74, 6) is -0.189. The summed E-state index contributed by atoms with van der Waals surface area (Å²) in [5.41, 5.74) is 8.04. The van der Waals surface area contributed by atoms with Gasteiger partial charge in [-0.05, 0) is 80.1 Å². The molecular weight excluding hydrogens is 469 g/mol. The van der Waals surface area contributed by atoms with Crippen LogP contribution >= 0.6 is 11.3 Å². The van der Waals surface area contributed by atoms with Crippen molar-refractivity contribution in [3.63, 3.8) is 0 Å². The fraction of sp³-hybridized carbons (Fsp3) is 0.241. The van der Waals surface area contributed by atoms with E-state index < -0.39 is 0 Å². The monoisotopic (exact) mass is 497 g/mol. The Morgan fingerprint density at radius 2 is 1.86 bits per heavy atom. The van der Waals surface area contributed by atoms with Crippen LogP contribution in [0, 0.1) is 5.82 Å². The second-order valence-electron chi connectivity index (χ2n) is 9.50. The molecule has 1 saturated heterocycles. The maximum atomic E-state index is 15.3. The normalized spacial score (nSPS) is 15.4. The second kappa shape index (κ2) is 9.93. The van der Waals surface area contributed by atoms with Crippen LogP contribution in [0.3, 0.4) is 0 Å². The van der Waals surface area contributed by atoms with Gasteiger partial charge in [0.15, 0.2) is 0 Å². The predicted molar refractivity (Wildman–Crippen MR) is 147 cm³/mol. The lowest BCUT2D eigenvalue weighted by atomic mass is 10.0. The summed E-state index contributed by atoms with van der Waals surface area (Å²) in [6.45, 7) is 5.03. The number of hydrogen-bond acceptors (Lipinski definition) is 6. The lowest BCUT2D eigenvalue weighted by Gasteiger charge is -2.20. The minimum atomic E-state index is -0.189. The van der Waals surface area contributed by atoms with Gasteiger partial charge in [0.05, 0.1) is 21.2 Å². The van der Waals surface area contributed by atoms with Gasteiger partial charge in [-0.15, -0.1) is 11.3 Å². The van der Waals surface area contributed by atoms with Crippen molar-refractivity contribution in [2.45, 2.75) is 13.0 Å². The van der Waals surface area contributed by atoms with Crippen LogP contribution in [0.1, 0.15) is 12.0 Å². The Hall–Kier alpha value is -3.39. The van der Waals surface area contributed by atoms with E-state index in [2.05, 4.69) is 50.3 Å². The first-order valence-corrected chi connectivity index (χ1v) is 13.2. The molecule has 182 valence electrons. The van der Waals surface area contributed by atoms with Crippen LogP contribution in [0.15, 0.2) is 72.4 Å². The lowest BCUT2D eigenvalue weighted by Crippen LogP contribution is -2.28. The largest absolute Gasteiger partial charge is 0.355 e. The summed E-state index contributed by atoms with van der Waals surface area (Å²) >= 11 is 1.63. The highest BCUT2D eigenvalue weighted by Gasteiger charge is 2.14. The SMILES string of the molecule is CN1CCCN(Cc2ccc(-c3ccc4nccc(Nc5ccc6scnc6c5)c4c3)c(F)c2)CC1. The summed E-state index contributed by atoms with van der Waals surface area (Å²) in [7, 11) is 2.16. The molecule has 0 aliphatic carbocycles. The van der Waals surface area contributed by atoms with E-state index in [4.69, 9.17) is 0 Å². The van der Waals surface area contributed by atoms with Gasteiger partial charge in [0.2, 0.25) is 0 Å². The van der Waals surface area contributed by atoms with Crippen molar-refractivity contribution in [1.29, 1.82) is 0 Å². The number of hydrogen-bond donors (Lipinski definition) is 1. The van der Waals surface area contributed by atoms with E-state index in [9.17, 15) is 0 Å².